The number of nitrogens with one attached hydrogen (secondary N) is 1. The van der Waals surface area contributed by atoms with E-state index < -0.39 is 26.6 Å². The third-order valence-electron chi connectivity index (χ3n) is 4.18. The molecule has 0 aliphatic heterocycles. The maximum Gasteiger partial charge on any atom is 0.244 e. The van der Waals surface area contributed by atoms with Crippen LogP contribution in [0, 0.1) is 23.0 Å². The van der Waals surface area contributed by atoms with Gasteiger partial charge in [0.15, 0.2) is 0 Å². The van der Waals surface area contributed by atoms with Gasteiger partial charge in [0, 0.05) is 17.1 Å². The summed E-state index contributed by atoms with van der Waals surface area (Å²) in [4.78, 5) is -0.523. The summed E-state index contributed by atoms with van der Waals surface area (Å²) in [5, 5.41) is 0. The van der Waals surface area contributed by atoms with Gasteiger partial charge < -0.3 is 0 Å². The molecule has 3 nitrogen and oxygen atoms in total. The Labute approximate surface area is 124 Å². The molecule has 0 unspecified atom stereocenters. The summed E-state index contributed by atoms with van der Waals surface area (Å²) in [6, 6.07) is 1.53. The van der Waals surface area contributed by atoms with Crippen LogP contribution in [0.2, 0.25) is 0 Å². The molecule has 20 heavy (non-hydrogen) atoms. The molecule has 1 aromatic rings. The third-order valence-corrected chi connectivity index (χ3v) is 6.55. The number of halogens is 3. The second-order valence-electron chi connectivity index (χ2n) is 5.66. The van der Waals surface area contributed by atoms with E-state index >= 15 is 0 Å². The minimum Gasteiger partial charge on any atom is -0.210 e. The highest BCUT2D eigenvalue weighted by atomic mass is 79.9. The average Bonchev–Trinajstić information content (AvgIpc) is 3.18. The fraction of sp³-hybridized carbons (Fsp3) is 0.538. The van der Waals surface area contributed by atoms with Gasteiger partial charge in [-0.15, -0.1) is 0 Å². The van der Waals surface area contributed by atoms with Crippen molar-refractivity contribution in [3.8, 4) is 0 Å². The van der Waals surface area contributed by atoms with Crippen LogP contribution in [-0.4, -0.2) is 15.0 Å². The van der Waals surface area contributed by atoms with Gasteiger partial charge in [0.2, 0.25) is 10.0 Å². The summed E-state index contributed by atoms with van der Waals surface area (Å²) >= 11 is 2.91. The second kappa shape index (κ2) is 4.74. The Bertz CT molecular complexity index is 631. The summed E-state index contributed by atoms with van der Waals surface area (Å²) in [6.45, 7) is 0.337. The number of benzene rings is 1. The highest BCUT2D eigenvalue weighted by molar-refractivity contribution is 9.10. The Morgan fingerprint density at radius 1 is 1.30 bits per heavy atom. The predicted octanol–water partition coefficient (Wildman–Crippen LogP) is 3.20. The van der Waals surface area contributed by atoms with E-state index in [1.54, 1.807) is 0 Å². The van der Waals surface area contributed by atoms with Crippen molar-refractivity contribution in [3.63, 3.8) is 0 Å². The molecule has 0 amide bonds. The van der Waals surface area contributed by atoms with Crippen LogP contribution >= 0.6 is 15.9 Å². The minimum absolute atomic E-state index is 0.0794. The number of sulfonamides is 1. The van der Waals surface area contributed by atoms with Gasteiger partial charge in [-0.3, -0.25) is 0 Å². The zero-order valence-corrected chi connectivity index (χ0v) is 13.0. The third kappa shape index (κ3) is 2.63. The summed E-state index contributed by atoms with van der Waals surface area (Å²) in [7, 11) is -3.98. The fourth-order valence-electron chi connectivity index (χ4n) is 2.68. The first-order valence-electron chi connectivity index (χ1n) is 6.48. The smallest absolute Gasteiger partial charge is 0.210 e. The number of hydrogen-bond donors (Lipinski definition) is 1. The lowest BCUT2D eigenvalue weighted by molar-refractivity contribution is 0.430. The maximum absolute atomic E-state index is 13.7. The van der Waals surface area contributed by atoms with E-state index in [1.807, 2.05) is 0 Å². The van der Waals surface area contributed by atoms with Crippen LogP contribution in [0.1, 0.15) is 25.7 Å². The first-order chi connectivity index (χ1) is 9.34. The topological polar surface area (TPSA) is 46.2 Å². The van der Waals surface area contributed by atoms with Gasteiger partial charge in [-0.25, -0.2) is 21.9 Å². The van der Waals surface area contributed by atoms with E-state index in [0.717, 1.165) is 31.7 Å². The summed E-state index contributed by atoms with van der Waals surface area (Å²) < 4.78 is 53.5. The van der Waals surface area contributed by atoms with Crippen molar-refractivity contribution in [1.29, 1.82) is 0 Å². The van der Waals surface area contributed by atoms with Crippen LogP contribution in [0.3, 0.4) is 0 Å². The lowest BCUT2D eigenvalue weighted by atomic mass is 10.0. The van der Waals surface area contributed by atoms with E-state index in [2.05, 4.69) is 20.7 Å². The SMILES string of the molecule is O=S(=O)(NCC1(C2CC2)CC1)c1c(F)cc(F)cc1Br. The quantitative estimate of drug-likeness (QED) is 0.870. The standard InChI is InChI=1S/C13H14BrF2NO2S/c14-10-5-9(15)6-11(16)12(10)20(18,19)17-7-13(3-4-13)8-1-2-8/h5-6,8,17H,1-4,7H2. The molecule has 110 valence electrons. The lowest BCUT2D eigenvalue weighted by Crippen LogP contribution is -2.32. The Balaban J connectivity index is 1.81. The molecule has 0 atom stereocenters. The van der Waals surface area contributed by atoms with Gasteiger partial charge in [-0.1, -0.05) is 0 Å². The van der Waals surface area contributed by atoms with Crippen molar-refractivity contribution in [2.75, 3.05) is 6.54 Å². The number of hydrogen-bond acceptors (Lipinski definition) is 2. The summed E-state index contributed by atoms with van der Waals surface area (Å²) in [6.07, 6.45) is 4.34. The van der Waals surface area contributed by atoms with Crippen LogP contribution < -0.4 is 4.72 Å². The van der Waals surface area contributed by atoms with Crippen molar-refractivity contribution in [2.45, 2.75) is 30.6 Å². The van der Waals surface area contributed by atoms with E-state index in [9.17, 15) is 17.2 Å². The summed E-state index contributed by atoms with van der Waals surface area (Å²) in [5.41, 5.74) is 0.0794. The van der Waals surface area contributed by atoms with E-state index in [4.69, 9.17) is 0 Å². The van der Waals surface area contributed by atoms with Gasteiger partial charge in [0.25, 0.3) is 0 Å². The molecule has 7 heteroatoms. The molecular weight excluding hydrogens is 352 g/mol. The van der Waals surface area contributed by atoms with Crippen molar-refractivity contribution in [3.05, 3.63) is 28.2 Å². The van der Waals surface area contributed by atoms with E-state index in [0.29, 0.717) is 18.5 Å². The van der Waals surface area contributed by atoms with Crippen molar-refractivity contribution in [1.82, 2.24) is 4.72 Å². The molecule has 0 radical (unpaired) electrons. The number of rotatable bonds is 5. The molecule has 2 fully saturated rings. The lowest BCUT2D eigenvalue weighted by Gasteiger charge is -2.16. The first-order valence-corrected chi connectivity index (χ1v) is 8.76. The maximum atomic E-state index is 13.7. The zero-order chi connectivity index (χ0) is 14.5. The molecule has 1 aromatic carbocycles. The minimum atomic E-state index is -3.98. The Morgan fingerprint density at radius 3 is 2.45 bits per heavy atom. The molecular formula is C13H14BrF2NO2S. The first kappa shape index (κ1) is 14.4. The van der Waals surface area contributed by atoms with Crippen LogP contribution in [0.15, 0.2) is 21.5 Å². The van der Waals surface area contributed by atoms with Crippen LogP contribution in [0.5, 0.6) is 0 Å². The molecule has 0 spiro atoms. The second-order valence-corrected chi connectivity index (χ2v) is 8.22. The highest BCUT2D eigenvalue weighted by Crippen LogP contribution is 2.60. The van der Waals surface area contributed by atoms with Crippen LogP contribution in [0.25, 0.3) is 0 Å². The highest BCUT2D eigenvalue weighted by Gasteiger charge is 2.53. The molecule has 2 aliphatic rings. The Morgan fingerprint density at radius 2 is 1.95 bits per heavy atom. The molecule has 1 N–H and O–H groups in total. The molecule has 3 rings (SSSR count). The van der Waals surface area contributed by atoms with Gasteiger partial charge >= 0.3 is 0 Å². The van der Waals surface area contributed by atoms with Gasteiger partial charge in [0.05, 0.1) is 0 Å². The normalized spacial score (nSPS) is 20.9. The Kier molecular flexibility index (Phi) is 3.42. The van der Waals surface area contributed by atoms with E-state index in [-0.39, 0.29) is 9.89 Å². The van der Waals surface area contributed by atoms with Crippen LogP contribution in [-0.2, 0) is 10.0 Å². The van der Waals surface area contributed by atoms with Crippen LogP contribution in [0.4, 0.5) is 8.78 Å². The predicted molar refractivity (Wildman–Crippen MR) is 73.6 cm³/mol. The fourth-order valence-corrected chi connectivity index (χ4v) is 4.98. The van der Waals surface area contributed by atoms with Gasteiger partial charge in [-0.2, -0.15) is 0 Å². The monoisotopic (exact) mass is 365 g/mol. The molecule has 0 aromatic heterocycles. The van der Waals surface area contributed by atoms with Gasteiger partial charge in [0.1, 0.15) is 16.5 Å². The molecule has 2 saturated carbocycles. The van der Waals surface area contributed by atoms with Crippen molar-refractivity contribution in [2.24, 2.45) is 11.3 Å². The average molecular weight is 366 g/mol. The summed E-state index contributed by atoms with van der Waals surface area (Å²) in [5.74, 6) is -1.29. The van der Waals surface area contributed by atoms with Gasteiger partial charge in [-0.05, 0) is 59.0 Å². The largest absolute Gasteiger partial charge is 0.244 e. The zero-order valence-electron chi connectivity index (χ0n) is 10.6. The molecule has 0 saturated heterocycles. The molecule has 2 aliphatic carbocycles. The van der Waals surface area contributed by atoms with Crippen molar-refractivity contribution >= 4 is 26.0 Å². The van der Waals surface area contributed by atoms with Crippen molar-refractivity contribution < 1.29 is 17.2 Å². The molecule has 0 bridgehead atoms. The molecule has 0 heterocycles. The Hall–Kier alpha value is -0.530. The van der Waals surface area contributed by atoms with E-state index in [1.165, 1.54) is 0 Å².